The number of carbonyl (C=O) groups excluding carboxylic acids is 8. The highest BCUT2D eigenvalue weighted by molar-refractivity contribution is 7.90. The van der Waals surface area contributed by atoms with E-state index < -0.39 is 183 Å². The van der Waals surface area contributed by atoms with Crippen LogP contribution in [0.25, 0.3) is 33.3 Å². The lowest BCUT2D eigenvalue weighted by atomic mass is 9.96. The van der Waals surface area contributed by atoms with E-state index in [0.29, 0.717) is 17.0 Å². The van der Waals surface area contributed by atoms with Gasteiger partial charge in [0.2, 0.25) is 47.2 Å². The SMILES string of the molecule is CCCCCOc1ccc(-c2ccc(-c3nnc(-c4ccc(C(=O)N[C@H]5CC(O)CNC(=O)C6C(O)C(C)CN6C(=O)C(C(O)CC(N)=O)NC(=O)C(C(O)C(O)c6ccc(O)c(OSOOO)c6)NC(=O)C6CC(O)CN6C(=O)C(C(C)O)NC5=O)s4)o3)cc2)cc1. The number of nitrogens with zero attached hydrogens (tertiary/aromatic N) is 4. The van der Waals surface area contributed by atoms with Crippen molar-refractivity contribution in [3.8, 4) is 50.6 Å². The standard InChI is InChI=1S/C59H72N10O22S2/c1-4-5-6-19-87-35-14-11-30(12-15-35)29-7-9-31(10-8-29)56-66-67-57(88-56)42-18-17-41(92-42)53(81)62-36-21-33(71)24-61-55(83)47-48(76)27(2)25-69(47)59(85)45(39(74)23-43(60)75)64-54(82)46(50(78)49(77)32-13-16-38(73)40(20-32)89-93-91-90-86)65-52(80)37-22-34(72)26-68(37)58(84)44(28(3)70)63-51(36)79/h7-18,20,27-28,33-34,36-37,39,44-50,70-74,76-78,86H,4-6,19,21-26H2,1-3H3,(H2,60,75)(H,61,83)(H,62,81)(H,63,79)(H,64,82)(H,65,80)/t27?,28?,33?,34?,36-,37?,39?,44?,45?,46?,47?,48?,49?,50?/m0/s1. The minimum atomic E-state index is -2.54. The summed E-state index contributed by atoms with van der Waals surface area (Å²) in [5.74, 6) is -11.1. The topological polar surface area (TPSA) is 487 Å². The fourth-order valence-electron chi connectivity index (χ4n) is 10.8. The number of aromatic nitrogens is 2. The van der Waals surface area contributed by atoms with E-state index in [9.17, 15) is 79.2 Å². The van der Waals surface area contributed by atoms with Crippen LogP contribution >= 0.6 is 23.7 Å². The summed E-state index contributed by atoms with van der Waals surface area (Å²) >= 11 is 0.841. The smallest absolute Gasteiger partial charge is 0.262 e. The van der Waals surface area contributed by atoms with Gasteiger partial charge in [0, 0.05) is 44.0 Å². The van der Waals surface area contributed by atoms with Crippen molar-refractivity contribution in [2.75, 3.05) is 26.2 Å². The number of primary amides is 1. The lowest BCUT2D eigenvalue weighted by Gasteiger charge is -2.34. The van der Waals surface area contributed by atoms with Gasteiger partial charge in [-0.15, -0.1) is 21.5 Å². The normalized spacial score (nSPS) is 24.8. The van der Waals surface area contributed by atoms with Crippen LogP contribution in [-0.4, -0.2) is 212 Å². The van der Waals surface area contributed by atoms with Crippen LogP contribution in [0.3, 0.4) is 0 Å². The Bertz CT molecular complexity index is 3450. The molecule has 0 aliphatic carbocycles. The van der Waals surface area contributed by atoms with E-state index >= 15 is 0 Å². The number of aliphatic hydroxyl groups is 7. The molecule has 34 heteroatoms. The molecular formula is C59H72N10O22S2. The van der Waals surface area contributed by atoms with Gasteiger partial charge in [-0.25, -0.2) is 5.26 Å². The summed E-state index contributed by atoms with van der Waals surface area (Å²) in [5.41, 5.74) is 7.49. The number of phenols is 1. The molecule has 8 amide bonds. The number of nitrogens with one attached hydrogen (secondary N) is 5. The number of rotatable bonds is 21. The number of unbranched alkanes of at least 4 members (excludes halogenated alkanes) is 2. The molecule has 0 bridgehead atoms. The zero-order chi connectivity index (χ0) is 67.4. The van der Waals surface area contributed by atoms with Crippen LogP contribution in [0.15, 0.2) is 83.3 Å². The van der Waals surface area contributed by atoms with Crippen LogP contribution < -0.4 is 41.2 Å². The molecule has 5 aromatic rings. The Kier molecular flexibility index (Phi) is 24.2. The third-order valence-electron chi connectivity index (χ3n) is 15.7. The molecule has 0 spiro atoms. The van der Waals surface area contributed by atoms with Crippen LogP contribution in [0.1, 0.15) is 80.6 Å². The summed E-state index contributed by atoms with van der Waals surface area (Å²) in [7, 11) is 0. The summed E-state index contributed by atoms with van der Waals surface area (Å²) < 4.78 is 21.1. The number of aromatic hydroxyl groups is 1. The number of benzene rings is 3. The lowest BCUT2D eigenvalue weighted by molar-refractivity contribution is -0.433. The Morgan fingerprint density at radius 2 is 1.44 bits per heavy atom. The van der Waals surface area contributed by atoms with Crippen molar-refractivity contribution < 1.29 is 107 Å². The minimum Gasteiger partial charge on any atom is -0.504 e. The van der Waals surface area contributed by atoms with Crippen LogP contribution in [-0.2, 0) is 42.9 Å². The highest BCUT2D eigenvalue weighted by Gasteiger charge is 2.50. The van der Waals surface area contributed by atoms with Crippen molar-refractivity contribution in [3.05, 3.63) is 89.3 Å². The van der Waals surface area contributed by atoms with Gasteiger partial charge in [-0.1, -0.05) is 66.4 Å². The monoisotopic (exact) mass is 1340 g/mol. The van der Waals surface area contributed by atoms with E-state index in [-0.39, 0.29) is 34.5 Å². The molecule has 0 saturated carbocycles. The summed E-state index contributed by atoms with van der Waals surface area (Å²) in [6, 6.07) is 8.50. The highest BCUT2D eigenvalue weighted by atomic mass is 32.2. The van der Waals surface area contributed by atoms with Crippen LogP contribution in [0.5, 0.6) is 17.2 Å². The van der Waals surface area contributed by atoms with E-state index in [4.69, 9.17) is 24.3 Å². The van der Waals surface area contributed by atoms with E-state index in [1.54, 1.807) is 12.1 Å². The average molecular weight is 1340 g/mol. The second kappa shape index (κ2) is 32.0. The van der Waals surface area contributed by atoms with E-state index in [1.807, 2.05) is 36.4 Å². The van der Waals surface area contributed by atoms with Crippen LogP contribution in [0.2, 0.25) is 0 Å². The number of nitrogens with two attached hydrogens (primary N) is 1. The van der Waals surface area contributed by atoms with Crippen molar-refractivity contribution in [1.29, 1.82) is 0 Å². The molecule has 2 aromatic heterocycles. The first-order valence-corrected chi connectivity index (χ1v) is 30.9. The van der Waals surface area contributed by atoms with Gasteiger partial charge >= 0.3 is 0 Å². The quantitative estimate of drug-likeness (QED) is 0.0183. The minimum absolute atomic E-state index is 0.0236. The predicted octanol–water partition coefficient (Wildman–Crippen LogP) is -0.915. The number of phenolic OH excluding ortho intramolecular Hbond substituents is 1. The van der Waals surface area contributed by atoms with Gasteiger partial charge in [0.25, 0.3) is 24.1 Å². The fraction of sp³-hybridized carbons (Fsp3) is 0.458. The molecule has 93 heavy (non-hydrogen) atoms. The molecule has 3 aromatic carbocycles. The molecule has 3 saturated heterocycles. The average Bonchev–Trinajstić information content (AvgIpc) is 1.72. The van der Waals surface area contributed by atoms with Crippen LogP contribution in [0.4, 0.5) is 0 Å². The second-order valence-electron chi connectivity index (χ2n) is 22.6. The number of carbonyl (C=O) groups is 8. The molecule has 32 nitrogen and oxygen atoms in total. The Morgan fingerprint density at radius 1 is 0.785 bits per heavy atom. The molecule has 14 atom stereocenters. The predicted molar refractivity (Wildman–Crippen MR) is 325 cm³/mol. The first-order chi connectivity index (χ1) is 44.4. The number of hydrogen-bond acceptors (Lipinski definition) is 26. The van der Waals surface area contributed by atoms with Crippen molar-refractivity contribution in [2.24, 2.45) is 11.7 Å². The molecule has 16 N–H and O–H groups in total. The van der Waals surface area contributed by atoms with Gasteiger partial charge < -0.3 is 96.3 Å². The molecule has 3 fully saturated rings. The van der Waals surface area contributed by atoms with Gasteiger partial charge in [0.05, 0.1) is 53.3 Å². The first-order valence-electron chi connectivity index (χ1n) is 29.4. The molecule has 502 valence electrons. The Morgan fingerprint density at radius 3 is 2.12 bits per heavy atom. The van der Waals surface area contributed by atoms with Gasteiger partial charge in [0.15, 0.2) is 11.5 Å². The largest absolute Gasteiger partial charge is 0.504 e. The molecule has 3 aliphatic heterocycles. The third kappa shape index (κ3) is 17.5. The van der Waals surface area contributed by atoms with Crippen molar-refractivity contribution in [3.63, 3.8) is 0 Å². The second-order valence-corrected chi connectivity index (χ2v) is 24.1. The zero-order valence-electron chi connectivity index (χ0n) is 50.2. The molecule has 13 unspecified atom stereocenters. The van der Waals surface area contributed by atoms with E-state index in [2.05, 4.69) is 53.1 Å². The molecule has 8 rings (SSSR count). The summed E-state index contributed by atoms with van der Waals surface area (Å²) in [5, 5.41) is 122. The Labute approximate surface area is 538 Å². The lowest BCUT2D eigenvalue weighted by Crippen LogP contribution is -2.64. The summed E-state index contributed by atoms with van der Waals surface area (Å²) in [6.45, 7) is 3.40. The molecule has 5 heterocycles. The molecule has 3 aliphatic rings. The molecule has 0 radical (unpaired) electrons. The fourth-order valence-corrected chi connectivity index (χ4v) is 11.9. The number of β-amino-alcohol motifs (C(OH)–C–C–N with tert-alkyl or cyclic N) is 1. The number of hydrogen-bond donors (Lipinski definition) is 15. The number of fused-ring (bicyclic) bond motifs is 2. The van der Waals surface area contributed by atoms with Gasteiger partial charge in [-0.2, -0.15) is 0 Å². The number of amides is 8. The van der Waals surface area contributed by atoms with E-state index in [1.165, 1.54) is 19.1 Å². The van der Waals surface area contributed by atoms with Crippen molar-refractivity contribution in [2.45, 2.75) is 138 Å². The Hall–Kier alpha value is -8.39. The van der Waals surface area contributed by atoms with Crippen molar-refractivity contribution >= 4 is 70.9 Å². The number of aliphatic hydroxyl groups excluding tert-OH is 7. The zero-order valence-corrected chi connectivity index (χ0v) is 51.8. The molecular weight excluding hydrogens is 1260 g/mol. The number of ether oxygens (including phenoxy) is 1. The van der Waals surface area contributed by atoms with Crippen molar-refractivity contribution in [1.82, 2.24) is 46.6 Å². The maximum absolute atomic E-state index is 14.7. The number of thiophene rings is 1. The first kappa shape index (κ1) is 70.5. The van der Waals surface area contributed by atoms with Gasteiger partial charge in [0.1, 0.15) is 54.2 Å². The highest BCUT2D eigenvalue weighted by Crippen LogP contribution is 2.35. The van der Waals surface area contributed by atoms with E-state index in [0.717, 1.165) is 82.4 Å². The summed E-state index contributed by atoms with van der Waals surface area (Å²) in [4.78, 5) is 116. The van der Waals surface area contributed by atoms with Gasteiger partial charge in [-0.3, -0.25) is 38.4 Å². The maximum atomic E-state index is 14.7. The van der Waals surface area contributed by atoms with Gasteiger partial charge in [-0.05, 0) is 78.6 Å². The van der Waals surface area contributed by atoms with Crippen LogP contribution in [0, 0.1) is 5.92 Å². The summed E-state index contributed by atoms with van der Waals surface area (Å²) in [6.07, 6.45) is -13.1. The maximum Gasteiger partial charge on any atom is 0.262 e. The third-order valence-corrected chi connectivity index (χ3v) is 17.2. The Balaban J connectivity index is 1.07.